The van der Waals surface area contributed by atoms with E-state index in [4.69, 9.17) is 30.4 Å². The molecular weight excluding hydrogens is 318 g/mol. The minimum atomic E-state index is -0.619. The molecule has 1 N–H and O–H groups in total. The van der Waals surface area contributed by atoms with Crippen LogP contribution in [-0.2, 0) is 9.31 Å². The Labute approximate surface area is 141 Å². The molecule has 1 fully saturated rings. The van der Waals surface area contributed by atoms with E-state index in [1.807, 2.05) is 27.7 Å². The molecule has 0 bridgehead atoms. The third-order valence-corrected chi connectivity index (χ3v) is 4.90. The van der Waals surface area contributed by atoms with Crippen LogP contribution < -0.4 is 9.47 Å². The quantitative estimate of drug-likeness (QED) is 0.858. The Balaban J connectivity index is 1.92. The molecule has 0 amide bonds. The van der Waals surface area contributed by atoms with Crippen LogP contribution in [0, 0.1) is 0 Å². The minimum Gasteiger partial charge on any atom is -0.454 e. The number of hydrogen-bond acceptors (Lipinski definition) is 5. The van der Waals surface area contributed by atoms with E-state index >= 15 is 0 Å². The summed E-state index contributed by atoms with van der Waals surface area (Å²) in [6.07, 6.45) is 1.77. The van der Waals surface area contributed by atoms with Gasteiger partial charge >= 0.3 is 7.12 Å². The van der Waals surface area contributed by atoms with Crippen molar-refractivity contribution in [2.45, 2.75) is 38.9 Å². The maximum absolute atomic E-state index is 9.75. The van der Waals surface area contributed by atoms with E-state index in [2.05, 4.69) is 0 Å². The third kappa shape index (κ3) is 2.96. The minimum absolute atomic E-state index is 0.183. The number of benzene rings is 1. The summed E-state index contributed by atoms with van der Waals surface area (Å²) in [6, 6.07) is 3.49. The molecule has 0 aliphatic carbocycles. The number of aliphatic hydroxyl groups excluding tert-OH is 1. The zero-order valence-electron chi connectivity index (χ0n) is 13.7. The van der Waals surface area contributed by atoms with Gasteiger partial charge in [0.05, 0.1) is 22.8 Å². The van der Waals surface area contributed by atoms with Crippen LogP contribution in [0.4, 0.5) is 0 Å². The van der Waals surface area contributed by atoms with Gasteiger partial charge in [0, 0.05) is 6.07 Å². The highest BCUT2D eigenvalue weighted by atomic mass is 35.5. The number of ether oxygens (including phenoxy) is 2. The number of fused-ring (bicyclic) bond motifs is 1. The smallest absolute Gasteiger partial charge is 0.454 e. The van der Waals surface area contributed by atoms with E-state index in [0.29, 0.717) is 22.0 Å². The van der Waals surface area contributed by atoms with Gasteiger partial charge in [-0.25, -0.2) is 0 Å². The summed E-state index contributed by atoms with van der Waals surface area (Å²) in [5, 5.41) is 10.3. The molecule has 2 aliphatic heterocycles. The molecule has 0 radical (unpaired) electrons. The van der Waals surface area contributed by atoms with Crippen molar-refractivity contribution in [2.75, 3.05) is 13.4 Å². The summed E-state index contributed by atoms with van der Waals surface area (Å²) < 4.78 is 22.6. The molecule has 7 heteroatoms. The summed E-state index contributed by atoms with van der Waals surface area (Å²) in [5.41, 5.74) is 0.383. The Morgan fingerprint density at radius 1 is 1.17 bits per heavy atom. The second-order valence-corrected chi connectivity index (χ2v) is 7.10. The normalized spacial score (nSPS) is 21.8. The van der Waals surface area contributed by atoms with Crippen LogP contribution in [0.5, 0.6) is 11.5 Å². The lowest BCUT2D eigenvalue weighted by molar-refractivity contribution is 0.00578. The topological polar surface area (TPSA) is 57.2 Å². The van der Waals surface area contributed by atoms with Gasteiger partial charge in [0.1, 0.15) is 0 Å². The highest BCUT2D eigenvalue weighted by molar-refractivity contribution is 6.56. The average molecular weight is 339 g/mol. The van der Waals surface area contributed by atoms with Crippen molar-refractivity contribution < 1.29 is 23.9 Å². The first-order valence-electron chi connectivity index (χ1n) is 7.49. The molecule has 0 unspecified atom stereocenters. The number of aliphatic hydroxyl groups is 1. The molecule has 5 nitrogen and oxygen atoms in total. The van der Waals surface area contributed by atoms with E-state index in [9.17, 15) is 5.11 Å². The molecular formula is C16H20BClO5. The van der Waals surface area contributed by atoms with Gasteiger partial charge in [0.25, 0.3) is 0 Å². The zero-order valence-corrected chi connectivity index (χ0v) is 14.4. The van der Waals surface area contributed by atoms with E-state index < -0.39 is 18.3 Å². The summed E-state index contributed by atoms with van der Waals surface area (Å²) in [4.78, 5) is 0. The van der Waals surface area contributed by atoms with E-state index in [1.165, 1.54) is 0 Å². The lowest BCUT2D eigenvalue weighted by Crippen LogP contribution is -2.41. The molecule has 2 aliphatic rings. The van der Waals surface area contributed by atoms with Crippen molar-refractivity contribution in [3.05, 3.63) is 28.2 Å². The highest BCUT2D eigenvalue weighted by Crippen LogP contribution is 2.40. The van der Waals surface area contributed by atoms with Gasteiger partial charge < -0.3 is 23.9 Å². The molecule has 2 heterocycles. The maximum atomic E-state index is 9.75. The van der Waals surface area contributed by atoms with E-state index in [-0.39, 0.29) is 13.4 Å². The molecule has 124 valence electrons. The molecule has 0 spiro atoms. The summed E-state index contributed by atoms with van der Waals surface area (Å²) in [5.74, 6) is 1.25. The Hall–Kier alpha value is -1.21. The standard InChI is InChI=1S/C16H20BClO5/c1-15(2)16(3,4)23-17(22-15)11(8-19)5-10-6-13-14(7-12(10)18)21-9-20-13/h5-7,19H,8-9H2,1-4H3. The van der Waals surface area contributed by atoms with E-state index in [0.717, 1.165) is 5.56 Å². The van der Waals surface area contributed by atoms with Crippen molar-refractivity contribution in [3.8, 4) is 11.5 Å². The number of hydrogen-bond donors (Lipinski definition) is 1. The summed E-state index contributed by atoms with van der Waals surface area (Å²) >= 11 is 6.28. The molecule has 23 heavy (non-hydrogen) atoms. The monoisotopic (exact) mass is 338 g/mol. The largest absolute Gasteiger partial charge is 0.492 e. The second kappa shape index (κ2) is 5.70. The lowest BCUT2D eigenvalue weighted by atomic mass is 9.77. The molecule has 1 aromatic carbocycles. The van der Waals surface area contributed by atoms with Crippen LogP contribution in [0.2, 0.25) is 5.02 Å². The Morgan fingerprint density at radius 3 is 2.30 bits per heavy atom. The van der Waals surface area contributed by atoms with Gasteiger partial charge in [-0.1, -0.05) is 17.7 Å². The van der Waals surface area contributed by atoms with Gasteiger partial charge in [0.15, 0.2) is 11.5 Å². The maximum Gasteiger partial charge on any atom is 0.492 e. The van der Waals surface area contributed by atoms with Gasteiger partial charge in [-0.2, -0.15) is 0 Å². The van der Waals surface area contributed by atoms with Crippen LogP contribution >= 0.6 is 11.6 Å². The third-order valence-electron chi connectivity index (χ3n) is 4.57. The SMILES string of the molecule is CC1(C)OB(C(=Cc2cc3c(cc2Cl)OCO3)CO)OC1(C)C. The van der Waals surface area contributed by atoms with Crippen molar-refractivity contribution >= 4 is 24.8 Å². The van der Waals surface area contributed by atoms with Gasteiger partial charge in [0.2, 0.25) is 6.79 Å². The first-order chi connectivity index (χ1) is 10.7. The predicted octanol–water partition coefficient (Wildman–Crippen LogP) is 3.08. The molecule has 0 atom stereocenters. The fraction of sp³-hybridized carbons (Fsp3) is 0.500. The Bertz CT molecular complexity index is 640. The van der Waals surface area contributed by atoms with Crippen LogP contribution in [0.1, 0.15) is 33.3 Å². The second-order valence-electron chi connectivity index (χ2n) is 6.69. The van der Waals surface area contributed by atoms with Crippen LogP contribution in [0.15, 0.2) is 17.6 Å². The van der Waals surface area contributed by atoms with Gasteiger partial charge in [-0.15, -0.1) is 0 Å². The van der Waals surface area contributed by atoms with Crippen molar-refractivity contribution in [3.63, 3.8) is 0 Å². The lowest BCUT2D eigenvalue weighted by Gasteiger charge is -2.32. The first kappa shape index (κ1) is 16.6. The van der Waals surface area contributed by atoms with Crippen molar-refractivity contribution in [2.24, 2.45) is 0 Å². The first-order valence-corrected chi connectivity index (χ1v) is 7.87. The predicted molar refractivity (Wildman–Crippen MR) is 88.7 cm³/mol. The molecule has 1 aromatic rings. The molecule has 1 saturated heterocycles. The fourth-order valence-electron chi connectivity index (χ4n) is 2.43. The van der Waals surface area contributed by atoms with E-state index in [1.54, 1.807) is 18.2 Å². The Morgan fingerprint density at radius 2 is 1.74 bits per heavy atom. The zero-order chi connectivity index (χ0) is 16.8. The number of rotatable bonds is 3. The van der Waals surface area contributed by atoms with Crippen molar-refractivity contribution in [1.82, 2.24) is 0 Å². The Kier molecular flexibility index (Phi) is 4.13. The highest BCUT2D eigenvalue weighted by Gasteiger charge is 2.52. The van der Waals surface area contributed by atoms with Crippen molar-refractivity contribution in [1.29, 1.82) is 0 Å². The van der Waals surface area contributed by atoms with Crippen LogP contribution in [-0.4, -0.2) is 36.8 Å². The molecule has 0 saturated carbocycles. The number of halogens is 1. The summed E-state index contributed by atoms with van der Waals surface area (Å²) in [6.45, 7) is 7.86. The van der Waals surface area contributed by atoms with Crippen LogP contribution in [0.25, 0.3) is 6.08 Å². The van der Waals surface area contributed by atoms with Gasteiger partial charge in [-0.05, 0) is 44.8 Å². The molecule has 3 rings (SSSR count). The molecule has 0 aromatic heterocycles. The van der Waals surface area contributed by atoms with Gasteiger partial charge in [-0.3, -0.25) is 0 Å². The average Bonchev–Trinajstić information content (AvgIpc) is 2.97. The summed E-state index contributed by atoms with van der Waals surface area (Å²) in [7, 11) is -0.619. The van der Waals surface area contributed by atoms with Crippen LogP contribution in [0.3, 0.4) is 0 Å². The fourth-order valence-corrected chi connectivity index (χ4v) is 2.63.